The predicted molar refractivity (Wildman–Crippen MR) is 24.7 cm³/mol. The molecule has 0 rings (SSSR count). The monoisotopic (exact) mass is 230 g/mol. The Bertz CT molecular complexity index is 232. The topological polar surface area (TPSA) is 46.5 Å². The molecular weight excluding hydrogens is 229 g/mol. The first-order chi connectivity index (χ1) is 5.98. The Morgan fingerprint density at radius 3 is 1.57 bits per heavy atom. The maximum Gasteiger partial charge on any atom is 0.460 e. The van der Waals surface area contributed by atoms with Crippen LogP contribution in [0.2, 0.25) is 0 Å². The molecular formula is C4HF7O3. The Morgan fingerprint density at radius 1 is 1.00 bits per heavy atom. The van der Waals surface area contributed by atoms with E-state index in [-0.39, 0.29) is 0 Å². The zero-order chi connectivity index (χ0) is 11.8. The van der Waals surface area contributed by atoms with Gasteiger partial charge in [0.1, 0.15) is 0 Å². The number of carbonyl (C=O) groups excluding carboxylic acids is 1. The first-order valence-electron chi connectivity index (χ1n) is 2.66. The van der Waals surface area contributed by atoms with Crippen LogP contribution >= 0.6 is 0 Å². The molecule has 0 bridgehead atoms. The molecule has 0 spiro atoms. The summed E-state index contributed by atoms with van der Waals surface area (Å²) in [7, 11) is 0. The average Bonchev–Trinajstić information content (AvgIpc) is 2.00. The maximum absolute atomic E-state index is 12.0. The van der Waals surface area contributed by atoms with E-state index in [4.69, 9.17) is 5.26 Å². The van der Waals surface area contributed by atoms with Gasteiger partial charge in [-0.1, -0.05) is 0 Å². The average molecular weight is 230 g/mol. The molecule has 0 heterocycles. The third kappa shape index (κ3) is 1.74. The first-order valence-corrected chi connectivity index (χ1v) is 2.66. The number of rotatable bonds is 2. The normalized spacial score (nSPS) is 14.0. The molecule has 0 radical (unpaired) electrons. The lowest BCUT2D eigenvalue weighted by Crippen LogP contribution is -2.56. The van der Waals surface area contributed by atoms with Gasteiger partial charge < -0.3 is 0 Å². The van der Waals surface area contributed by atoms with Crippen molar-refractivity contribution >= 4 is 5.97 Å². The molecule has 0 saturated heterocycles. The molecule has 0 amide bonds. The Kier molecular flexibility index (Phi) is 3.01. The van der Waals surface area contributed by atoms with Crippen LogP contribution in [0.4, 0.5) is 30.7 Å². The highest BCUT2D eigenvalue weighted by molar-refractivity contribution is 5.78. The minimum atomic E-state index is -6.63. The van der Waals surface area contributed by atoms with Gasteiger partial charge in [-0.15, -0.1) is 0 Å². The molecule has 0 saturated carbocycles. The van der Waals surface area contributed by atoms with E-state index in [1.165, 1.54) is 0 Å². The van der Waals surface area contributed by atoms with Crippen molar-refractivity contribution in [2.45, 2.75) is 18.0 Å². The van der Waals surface area contributed by atoms with Gasteiger partial charge in [0, 0.05) is 0 Å². The van der Waals surface area contributed by atoms with Crippen molar-refractivity contribution in [3.63, 3.8) is 0 Å². The van der Waals surface area contributed by atoms with Gasteiger partial charge in [0.15, 0.2) is 0 Å². The van der Waals surface area contributed by atoms with Crippen molar-refractivity contribution in [3.8, 4) is 0 Å². The molecule has 84 valence electrons. The van der Waals surface area contributed by atoms with E-state index in [0.29, 0.717) is 0 Å². The van der Waals surface area contributed by atoms with Gasteiger partial charge in [-0.2, -0.15) is 36.0 Å². The van der Waals surface area contributed by atoms with Crippen LogP contribution < -0.4 is 0 Å². The number of hydrogen-bond donors (Lipinski definition) is 1. The summed E-state index contributed by atoms with van der Waals surface area (Å²) in [6.45, 7) is 0. The number of carbonyl (C=O) groups is 1. The lowest BCUT2D eigenvalue weighted by atomic mass is 10.1. The Hall–Kier alpha value is -1.06. The molecule has 10 heteroatoms. The van der Waals surface area contributed by atoms with Crippen LogP contribution in [0.5, 0.6) is 0 Å². The molecule has 0 aromatic heterocycles. The third-order valence-corrected chi connectivity index (χ3v) is 1.09. The molecule has 0 unspecified atom stereocenters. The molecule has 0 aliphatic rings. The summed E-state index contributed by atoms with van der Waals surface area (Å²) in [5, 5.41) is 7.27. The van der Waals surface area contributed by atoms with E-state index in [9.17, 15) is 35.5 Å². The van der Waals surface area contributed by atoms with E-state index < -0.39 is 24.0 Å². The molecule has 0 aliphatic heterocycles. The predicted octanol–water partition coefficient (Wildman–Crippen LogP) is 1.84. The summed E-state index contributed by atoms with van der Waals surface area (Å²) in [5.74, 6) is -16.2. The highest BCUT2D eigenvalue weighted by Crippen LogP contribution is 2.46. The Balaban J connectivity index is 5.18. The fourth-order valence-electron chi connectivity index (χ4n) is 0.364. The zero-order valence-corrected chi connectivity index (χ0v) is 5.91. The van der Waals surface area contributed by atoms with Crippen molar-refractivity contribution < 1.29 is 45.7 Å². The van der Waals surface area contributed by atoms with Gasteiger partial charge in [0.2, 0.25) is 0 Å². The maximum atomic E-state index is 12.0. The van der Waals surface area contributed by atoms with Gasteiger partial charge >= 0.3 is 24.0 Å². The van der Waals surface area contributed by atoms with Gasteiger partial charge in [-0.25, -0.2) is 4.79 Å². The van der Waals surface area contributed by atoms with Gasteiger partial charge in [0.25, 0.3) is 0 Å². The summed E-state index contributed by atoms with van der Waals surface area (Å²) >= 11 is 0. The van der Waals surface area contributed by atoms with E-state index in [1.54, 1.807) is 0 Å². The number of hydrogen-bond acceptors (Lipinski definition) is 3. The highest BCUT2D eigenvalue weighted by Gasteiger charge is 2.77. The molecule has 0 aromatic rings. The SMILES string of the molecule is O=C(OO)C(F)(F)C(F)(F)C(F)(F)F. The van der Waals surface area contributed by atoms with Gasteiger partial charge in [-0.05, 0) is 0 Å². The molecule has 3 nitrogen and oxygen atoms in total. The Morgan fingerprint density at radius 2 is 1.36 bits per heavy atom. The lowest BCUT2D eigenvalue weighted by molar-refractivity contribution is -0.358. The summed E-state index contributed by atoms with van der Waals surface area (Å²) in [4.78, 5) is 11.9. The van der Waals surface area contributed by atoms with E-state index in [2.05, 4.69) is 4.89 Å². The van der Waals surface area contributed by atoms with Crippen LogP contribution in [0.3, 0.4) is 0 Å². The largest absolute Gasteiger partial charge is 0.460 e. The second-order valence-electron chi connectivity index (χ2n) is 2.03. The quantitative estimate of drug-likeness (QED) is 0.447. The smallest absolute Gasteiger partial charge is 0.294 e. The van der Waals surface area contributed by atoms with Crippen LogP contribution in [-0.2, 0) is 9.68 Å². The van der Waals surface area contributed by atoms with Crippen LogP contribution in [-0.4, -0.2) is 29.2 Å². The second kappa shape index (κ2) is 3.26. The zero-order valence-electron chi connectivity index (χ0n) is 5.91. The lowest BCUT2D eigenvalue weighted by Gasteiger charge is -2.24. The molecule has 0 fully saturated rings. The van der Waals surface area contributed by atoms with E-state index in [0.717, 1.165) is 0 Å². The summed E-state index contributed by atoms with van der Waals surface area (Å²) in [5.41, 5.74) is 0. The molecule has 14 heavy (non-hydrogen) atoms. The van der Waals surface area contributed by atoms with Crippen LogP contribution in [0.25, 0.3) is 0 Å². The molecule has 1 N–H and O–H groups in total. The van der Waals surface area contributed by atoms with Crippen molar-refractivity contribution in [1.82, 2.24) is 0 Å². The summed E-state index contributed by atoms with van der Waals surface area (Å²) in [6.07, 6.45) is -6.63. The van der Waals surface area contributed by atoms with Gasteiger partial charge in [0.05, 0.1) is 0 Å². The van der Waals surface area contributed by atoms with Crippen molar-refractivity contribution in [2.24, 2.45) is 0 Å². The van der Waals surface area contributed by atoms with Crippen molar-refractivity contribution in [1.29, 1.82) is 0 Å². The summed E-state index contributed by atoms with van der Waals surface area (Å²) in [6, 6.07) is 0. The van der Waals surface area contributed by atoms with E-state index >= 15 is 0 Å². The first kappa shape index (κ1) is 12.9. The standard InChI is InChI=1S/C4HF7O3/c5-2(6,1(12)14-13)3(7,8)4(9,10)11/h13H. The number of alkyl halides is 7. The fraction of sp³-hybridized carbons (Fsp3) is 0.750. The number of halogens is 7. The minimum Gasteiger partial charge on any atom is -0.294 e. The Labute approximate surface area is 71.0 Å². The third-order valence-electron chi connectivity index (χ3n) is 1.09. The minimum absolute atomic E-state index is 2.13. The molecule has 0 aliphatic carbocycles. The van der Waals surface area contributed by atoms with Crippen LogP contribution in [0.15, 0.2) is 0 Å². The van der Waals surface area contributed by atoms with Crippen LogP contribution in [0.1, 0.15) is 0 Å². The van der Waals surface area contributed by atoms with Crippen molar-refractivity contribution in [3.05, 3.63) is 0 Å². The second-order valence-corrected chi connectivity index (χ2v) is 2.03. The van der Waals surface area contributed by atoms with Gasteiger partial charge in [-0.3, -0.25) is 4.89 Å². The molecule has 0 atom stereocenters. The highest BCUT2D eigenvalue weighted by atomic mass is 19.4. The van der Waals surface area contributed by atoms with E-state index in [1.807, 2.05) is 0 Å². The van der Waals surface area contributed by atoms with Crippen molar-refractivity contribution in [2.75, 3.05) is 0 Å². The summed E-state index contributed by atoms with van der Waals surface area (Å²) < 4.78 is 81.6. The fourth-order valence-corrected chi connectivity index (χ4v) is 0.364. The van der Waals surface area contributed by atoms with Crippen LogP contribution in [0, 0.1) is 0 Å². The molecule has 0 aromatic carbocycles.